The lowest BCUT2D eigenvalue weighted by Gasteiger charge is -2.07. The Kier molecular flexibility index (Phi) is 6.24. The molecule has 0 saturated heterocycles. The number of aryl methyl sites for hydroxylation is 1. The first-order valence-corrected chi connectivity index (χ1v) is 7.63. The van der Waals surface area contributed by atoms with Crippen LogP contribution in [0.25, 0.3) is 0 Å². The number of nitrogens with one attached hydrogen (secondary N) is 2. The number of benzene rings is 1. The minimum atomic E-state index is -0.217. The summed E-state index contributed by atoms with van der Waals surface area (Å²) >= 11 is 0. The molecule has 2 rings (SSSR count). The standard InChI is InChI=1S/C17H22N4O3/c1-12-8-11-24-15(12)16(22)19-9-3-10-20-17(18)21-13-4-6-14(23-2)7-5-13/h4-8,11H,3,9-10H2,1-2H3,(H,19,22)(H3,18,20,21). The van der Waals surface area contributed by atoms with Gasteiger partial charge in [0, 0.05) is 24.3 Å². The van der Waals surface area contributed by atoms with Gasteiger partial charge in [-0.15, -0.1) is 0 Å². The molecule has 7 heteroatoms. The van der Waals surface area contributed by atoms with Gasteiger partial charge in [0.25, 0.3) is 5.91 Å². The third-order valence-electron chi connectivity index (χ3n) is 3.33. The topological polar surface area (TPSA) is 102 Å². The second-order valence-electron chi connectivity index (χ2n) is 5.16. The number of anilines is 1. The normalized spacial score (nSPS) is 11.2. The molecule has 0 bridgehead atoms. The monoisotopic (exact) mass is 330 g/mol. The van der Waals surface area contributed by atoms with Gasteiger partial charge in [-0.1, -0.05) is 0 Å². The number of carbonyl (C=O) groups excluding carboxylic acids is 1. The highest BCUT2D eigenvalue weighted by Gasteiger charge is 2.11. The molecule has 1 amide bonds. The molecule has 0 radical (unpaired) electrons. The second-order valence-corrected chi connectivity index (χ2v) is 5.16. The number of aliphatic imine (C=N–C) groups is 1. The molecular weight excluding hydrogens is 308 g/mol. The molecule has 4 N–H and O–H groups in total. The van der Waals surface area contributed by atoms with Crippen LogP contribution in [0.1, 0.15) is 22.5 Å². The van der Waals surface area contributed by atoms with Crippen LogP contribution < -0.4 is 21.1 Å². The Morgan fingerprint density at radius 3 is 2.67 bits per heavy atom. The van der Waals surface area contributed by atoms with Gasteiger partial charge in [0.05, 0.1) is 13.4 Å². The highest BCUT2D eigenvalue weighted by atomic mass is 16.5. The van der Waals surface area contributed by atoms with Crippen molar-refractivity contribution in [1.82, 2.24) is 5.32 Å². The second kappa shape index (κ2) is 8.61. The number of guanidine groups is 1. The first kappa shape index (κ1) is 17.4. The molecule has 0 spiro atoms. The Balaban J connectivity index is 1.69. The fraction of sp³-hybridized carbons (Fsp3) is 0.294. The average Bonchev–Trinajstić information content (AvgIpc) is 3.01. The quantitative estimate of drug-likeness (QED) is 0.410. The van der Waals surface area contributed by atoms with Crippen molar-refractivity contribution in [3.8, 4) is 5.75 Å². The first-order valence-electron chi connectivity index (χ1n) is 7.63. The molecule has 0 aliphatic heterocycles. The number of carbonyl (C=O) groups is 1. The lowest BCUT2D eigenvalue weighted by molar-refractivity contribution is 0.0925. The predicted molar refractivity (Wildman–Crippen MR) is 93.5 cm³/mol. The summed E-state index contributed by atoms with van der Waals surface area (Å²) in [5, 5.41) is 5.78. The van der Waals surface area contributed by atoms with Crippen molar-refractivity contribution in [2.75, 3.05) is 25.5 Å². The number of methoxy groups -OCH3 is 1. The molecule has 0 aliphatic rings. The van der Waals surface area contributed by atoms with Crippen molar-refractivity contribution in [1.29, 1.82) is 0 Å². The molecule has 1 aromatic carbocycles. The van der Waals surface area contributed by atoms with Gasteiger partial charge in [-0.2, -0.15) is 0 Å². The summed E-state index contributed by atoms with van der Waals surface area (Å²) in [7, 11) is 1.62. The van der Waals surface area contributed by atoms with Gasteiger partial charge in [-0.05, 0) is 43.7 Å². The summed E-state index contributed by atoms with van der Waals surface area (Å²) in [4.78, 5) is 16.0. The summed E-state index contributed by atoms with van der Waals surface area (Å²) < 4.78 is 10.2. The van der Waals surface area contributed by atoms with E-state index in [1.807, 2.05) is 31.2 Å². The van der Waals surface area contributed by atoms with E-state index in [0.29, 0.717) is 31.2 Å². The van der Waals surface area contributed by atoms with Crippen molar-refractivity contribution in [3.05, 3.63) is 47.9 Å². The minimum Gasteiger partial charge on any atom is -0.497 e. The van der Waals surface area contributed by atoms with Gasteiger partial charge in [0.15, 0.2) is 11.7 Å². The maximum Gasteiger partial charge on any atom is 0.287 e. The summed E-state index contributed by atoms with van der Waals surface area (Å²) in [5.74, 6) is 1.23. The number of rotatable bonds is 7. The number of hydrogen-bond acceptors (Lipinski definition) is 4. The van der Waals surface area contributed by atoms with Crippen molar-refractivity contribution in [2.45, 2.75) is 13.3 Å². The van der Waals surface area contributed by atoms with Crippen molar-refractivity contribution >= 4 is 17.6 Å². The molecule has 1 heterocycles. The summed E-state index contributed by atoms with van der Waals surface area (Å²) in [5.41, 5.74) is 7.47. The van der Waals surface area contributed by atoms with Crippen LogP contribution in [0.3, 0.4) is 0 Å². The van der Waals surface area contributed by atoms with E-state index in [2.05, 4.69) is 15.6 Å². The third-order valence-corrected chi connectivity index (χ3v) is 3.33. The van der Waals surface area contributed by atoms with Crippen LogP contribution >= 0.6 is 0 Å². The number of ether oxygens (including phenoxy) is 1. The Morgan fingerprint density at radius 1 is 1.29 bits per heavy atom. The average molecular weight is 330 g/mol. The molecule has 1 aromatic heterocycles. The molecule has 0 atom stereocenters. The summed E-state index contributed by atoms with van der Waals surface area (Å²) in [6, 6.07) is 9.13. The maximum atomic E-state index is 11.8. The zero-order valence-corrected chi connectivity index (χ0v) is 13.8. The van der Waals surface area contributed by atoms with Crippen LogP contribution in [0, 0.1) is 6.92 Å². The first-order chi connectivity index (χ1) is 11.6. The van der Waals surface area contributed by atoms with E-state index in [9.17, 15) is 4.79 Å². The fourth-order valence-corrected chi connectivity index (χ4v) is 2.03. The van der Waals surface area contributed by atoms with Gasteiger partial charge in [0.2, 0.25) is 0 Å². The van der Waals surface area contributed by atoms with Gasteiger partial charge in [-0.3, -0.25) is 9.79 Å². The molecule has 0 saturated carbocycles. The van der Waals surface area contributed by atoms with E-state index in [1.54, 1.807) is 13.2 Å². The maximum absolute atomic E-state index is 11.8. The zero-order chi connectivity index (χ0) is 17.4. The minimum absolute atomic E-state index is 0.217. The Morgan fingerprint density at radius 2 is 2.04 bits per heavy atom. The van der Waals surface area contributed by atoms with Crippen LogP contribution in [-0.2, 0) is 0 Å². The van der Waals surface area contributed by atoms with Crippen LogP contribution in [0.15, 0.2) is 46.0 Å². The summed E-state index contributed by atoms with van der Waals surface area (Å²) in [6.07, 6.45) is 2.18. The van der Waals surface area contributed by atoms with Crippen LogP contribution in [0.2, 0.25) is 0 Å². The van der Waals surface area contributed by atoms with E-state index < -0.39 is 0 Å². The van der Waals surface area contributed by atoms with Gasteiger partial charge >= 0.3 is 0 Å². The van der Waals surface area contributed by atoms with E-state index in [4.69, 9.17) is 14.9 Å². The van der Waals surface area contributed by atoms with E-state index >= 15 is 0 Å². The van der Waals surface area contributed by atoms with Gasteiger partial charge in [0.1, 0.15) is 5.75 Å². The predicted octanol–water partition coefficient (Wildman–Crippen LogP) is 2.14. The Bertz CT molecular complexity index is 692. The van der Waals surface area contributed by atoms with Crippen molar-refractivity contribution in [3.63, 3.8) is 0 Å². The molecule has 128 valence electrons. The lowest BCUT2D eigenvalue weighted by Crippen LogP contribution is -2.26. The number of amides is 1. The smallest absolute Gasteiger partial charge is 0.287 e. The van der Waals surface area contributed by atoms with E-state index in [1.165, 1.54) is 6.26 Å². The third kappa shape index (κ3) is 5.05. The van der Waals surface area contributed by atoms with Crippen molar-refractivity contribution < 1.29 is 13.9 Å². The molecule has 2 aromatic rings. The Hall–Kier alpha value is -2.96. The molecule has 0 fully saturated rings. The van der Waals surface area contributed by atoms with E-state index in [-0.39, 0.29) is 5.91 Å². The van der Waals surface area contributed by atoms with Crippen LogP contribution in [-0.4, -0.2) is 32.1 Å². The number of nitrogens with zero attached hydrogens (tertiary/aromatic N) is 1. The largest absolute Gasteiger partial charge is 0.497 e. The number of hydrogen-bond donors (Lipinski definition) is 3. The van der Waals surface area contributed by atoms with Crippen molar-refractivity contribution in [2.24, 2.45) is 10.7 Å². The molecule has 0 unspecified atom stereocenters. The van der Waals surface area contributed by atoms with E-state index in [0.717, 1.165) is 17.0 Å². The lowest BCUT2D eigenvalue weighted by atomic mass is 10.2. The number of furan rings is 1. The highest BCUT2D eigenvalue weighted by molar-refractivity contribution is 5.93. The van der Waals surface area contributed by atoms with Crippen LogP contribution in [0.4, 0.5) is 5.69 Å². The van der Waals surface area contributed by atoms with Gasteiger partial charge in [-0.25, -0.2) is 0 Å². The fourth-order valence-electron chi connectivity index (χ4n) is 2.03. The number of nitrogens with two attached hydrogens (primary N) is 1. The molecule has 24 heavy (non-hydrogen) atoms. The summed E-state index contributed by atoms with van der Waals surface area (Å²) in [6.45, 7) is 2.83. The zero-order valence-electron chi connectivity index (χ0n) is 13.8. The molecule has 0 aliphatic carbocycles. The molecular formula is C17H22N4O3. The SMILES string of the molecule is COc1ccc(NC(N)=NCCCNC(=O)c2occc2C)cc1. The molecule has 7 nitrogen and oxygen atoms in total. The van der Waals surface area contributed by atoms with Gasteiger partial charge < -0.3 is 25.5 Å². The Labute approximate surface area is 140 Å². The highest BCUT2D eigenvalue weighted by Crippen LogP contribution is 2.14. The van der Waals surface area contributed by atoms with Crippen LogP contribution in [0.5, 0.6) is 5.75 Å².